The molecule has 0 bridgehead atoms. The smallest absolute Gasteiger partial charge is 0.745 e. The molecule has 2 radical (unpaired) electrons. The van der Waals surface area contributed by atoms with Gasteiger partial charge in [-0.25, -0.2) is 25.3 Å². The summed E-state index contributed by atoms with van der Waals surface area (Å²) >= 11 is 0. The molecule has 0 aromatic heterocycles. The van der Waals surface area contributed by atoms with E-state index in [1.54, 1.807) is 18.6 Å². The number of hydrogen-bond donors (Lipinski definition) is 0. The van der Waals surface area contributed by atoms with Crippen LogP contribution in [0.25, 0.3) is 65.3 Å². The molecule has 0 amide bonds. The van der Waals surface area contributed by atoms with Gasteiger partial charge in [-0.2, -0.15) is 18.6 Å². The van der Waals surface area contributed by atoms with E-state index >= 15 is 0 Å². The van der Waals surface area contributed by atoms with E-state index in [1.165, 1.54) is 18.2 Å². The standard InChI is InChI=1S/3C24H16N2O3S.2Fe.3Na/c3*27-30(28,29)22-15-21(17-9-5-2-6-10-17)20-12-11-19-18(16-7-3-1-4-8-16)13-14-25-23(19)24(20)26-22;;;;;/h3*1-15H,(H,27,28,29);;;;;/q3*-2;2*+3;3*+1/p-3. The van der Waals surface area contributed by atoms with Crippen LogP contribution in [-0.4, -0.2) is 38.9 Å². The van der Waals surface area contributed by atoms with Gasteiger partial charge in [-0.05, 0) is 98.1 Å². The summed E-state index contributed by atoms with van der Waals surface area (Å²) in [4.78, 5) is 0. The van der Waals surface area contributed by atoms with E-state index in [2.05, 4.69) is 31.9 Å². The van der Waals surface area contributed by atoms with Gasteiger partial charge in [-0.1, -0.05) is 270 Å². The molecule has 0 N–H and O–H groups in total. The average molecular weight is 1420 g/mol. The summed E-state index contributed by atoms with van der Waals surface area (Å²) in [5.41, 5.74) is 13.0. The number of hydrogen-bond acceptors (Lipinski definition) is 9. The minimum absolute atomic E-state index is 0. The van der Waals surface area contributed by atoms with Gasteiger partial charge in [0.1, 0.15) is 30.4 Å². The summed E-state index contributed by atoms with van der Waals surface area (Å²) in [6.45, 7) is 0. The molecular formula is C72H45Fe2N6Na3O9S3. The normalized spacial score (nSPS) is 14.1. The largest absolute Gasteiger partial charge is 3.00 e. The molecule has 15 rings (SSSR count). The SMILES string of the molecule is O=S(=O)([O-])C1=CC(c2ccccc2)=c2ccc3c(c2[N-]1)[N-]C=CC=3c1ccccc1.O=S(=O)([O-])C1=CC(c2ccccc2)=c2ccc3c(c2[N-]1)[N-]C=CC=3c1ccccc1.O=S(=O)([O-])C1=CC(c2ccccc2)=c2ccc3c(c2[N-]1)[N-]C=CC=3c1ccccc1.[Fe+3].[Fe+3].[Na+].[Na+].[Na+]. The fraction of sp³-hybridized carbons (Fsp3) is 0. The molecule has 6 heterocycles. The Bertz CT molecular complexity index is 4890. The van der Waals surface area contributed by atoms with E-state index in [-0.39, 0.29) is 123 Å². The van der Waals surface area contributed by atoms with Crippen LogP contribution < -0.4 is 120 Å². The van der Waals surface area contributed by atoms with E-state index < -0.39 is 45.4 Å². The number of rotatable bonds is 9. The van der Waals surface area contributed by atoms with Crippen molar-refractivity contribution in [3.8, 4) is 0 Å². The molecule has 0 saturated carbocycles. The summed E-state index contributed by atoms with van der Waals surface area (Å²) in [6, 6.07) is 69.2. The summed E-state index contributed by atoms with van der Waals surface area (Å²) in [6.07, 6.45) is 14.8. The van der Waals surface area contributed by atoms with Gasteiger partial charge in [0, 0.05) is 0 Å². The second-order valence-corrected chi connectivity index (χ2v) is 24.7. The van der Waals surface area contributed by atoms with Crippen LogP contribution in [0, 0.1) is 0 Å². The Hall–Kier alpha value is -6.79. The molecule has 0 saturated heterocycles. The Morgan fingerprint density at radius 1 is 0.242 bits per heavy atom. The van der Waals surface area contributed by atoms with E-state index in [0.717, 1.165) is 81.4 Å². The van der Waals surface area contributed by atoms with Gasteiger partial charge in [-0.3, -0.25) is 0 Å². The van der Waals surface area contributed by atoms with E-state index in [1.807, 2.05) is 237 Å². The number of nitrogens with zero attached hydrogens (tertiary/aromatic N) is 6. The number of allylic oxidation sites excluding steroid dienone is 6. The van der Waals surface area contributed by atoms with Crippen LogP contribution in [0.15, 0.2) is 289 Å². The maximum Gasteiger partial charge on any atom is 3.00 e. The summed E-state index contributed by atoms with van der Waals surface area (Å²) in [7, 11) is -14.2. The first-order valence-corrected chi connectivity index (χ1v) is 32.2. The fourth-order valence-corrected chi connectivity index (χ4v) is 12.6. The van der Waals surface area contributed by atoms with Gasteiger partial charge >= 0.3 is 123 Å². The first kappa shape index (κ1) is 74.0. The Balaban J connectivity index is 0.000000178. The fourth-order valence-electron chi connectivity index (χ4n) is 11.2. The zero-order chi connectivity index (χ0) is 62.2. The van der Waals surface area contributed by atoms with Crippen molar-refractivity contribution in [2.24, 2.45) is 0 Å². The molecule has 15 nitrogen and oxygen atoms in total. The zero-order valence-corrected chi connectivity index (χ0v) is 61.4. The van der Waals surface area contributed by atoms with Crippen molar-refractivity contribution in [2.75, 3.05) is 0 Å². The van der Waals surface area contributed by atoms with Gasteiger partial charge in [0.2, 0.25) is 0 Å². The first-order valence-electron chi connectivity index (χ1n) is 27.9. The first-order chi connectivity index (χ1) is 43.6. The van der Waals surface area contributed by atoms with Gasteiger partial charge in [0.25, 0.3) is 0 Å². The van der Waals surface area contributed by atoms with Crippen LogP contribution in [0.4, 0.5) is 34.1 Å². The van der Waals surface area contributed by atoms with Crippen molar-refractivity contribution in [3.05, 3.63) is 385 Å². The molecule has 0 fully saturated rings. The zero-order valence-electron chi connectivity index (χ0n) is 50.8. The Morgan fingerprint density at radius 3 is 0.611 bits per heavy atom. The average Bonchev–Trinajstić information content (AvgIpc) is 0.762. The number of benzene rings is 9. The molecule has 0 atom stereocenters. The molecule has 9 aromatic carbocycles. The van der Waals surface area contributed by atoms with Crippen LogP contribution in [0.1, 0.15) is 33.4 Å². The van der Waals surface area contributed by atoms with Crippen molar-refractivity contribution in [1.82, 2.24) is 0 Å². The van der Waals surface area contributed by atoms with Crippen LogP contribution in [-0.2, 0) is 64.5 Å². The topological polar surface area (TPSA) is 256 Å². The van der Waals surface area contributed by atoms with Crippen LogP contribution in [0.2, 0.25) is 0 Å². The second kappa shape index (κ2) is 31.6. The van der Waals surface area contributed by atoms with Gasteiger partial charge < -0.3 is 45.6 Å². The van der Waals surface area contributed by atoms with E-state index in [4.69, 9.17) is 0 Å². The third-order valence-electron chi connectivity index (χ3n) is 15.3. The molecule has 454 valence electrons. The summed E-state index contributed by atoms with van der Waals surface area (Å²) in [5.74, 6) is 0. The maximum absolute atomic E-state index is 11.8. The third kappa shape index (κ3) is 15.8. The van der Waals surface area contributed by atoms with E-state index in [0.29, 0.717) is 50.8 Å². The predicted molar refractivity (Wildman–Crippen MR) is 350 cm³/mol. The van der Waals surface area contributed by atoms with Crippen molar-refractivity contribution < 1.29 is 162 Å². The van der Waals surface area contributed by atoms with Crippen molar-refractivity contribution in [1.29, 1.82) is 0 Å². The third-order valence-corrected chi connectivity index (χ3v) is 17.4. The predicted octanol–water partition coefficient (Wildman–Crippen LogP) is 3.07. The molecular weight excluding hydrogens is 1370 g/mol. The minimum atomic E-state index is -4.74. The summed E-state index contributed by atoms with van der Waals surface area (Å²) in [5, 5.41) is 29.4. The Kier molecular flexibility index (Phi) is 24.6. The minimum Gasteiger partial charge on any atom is -0.745 e. The van der Waals surface area contributed by atoms with Crippen LogP contribution in [0.3, 0.4) is 0 Å². The quantitative estimate of drug-likeness (QED) is 0.152. The molecule has 95 heavy (non-hydrogen) atoms. The van der Waals surface area contributed by atoms with Gasteiger partial charge in [0.15, 0.2) is 0 Å². The summed E-state index contributed by atoms with van der Waals surface area (Å²) < 4.78 is 107. The monoisotopic (exact) mass is 1410 g/mol. The molecule has 0 aliphatic carbocycles. The van der Waals surface area contributed by atoms with Crippen molar-refractivity contribution in [3.63, 3.8) is 0 Å². The molecule has 6 aliphatic heterocycles. The maximum atomic E-state index is 11.8. The Morgan fingerprint density at radius 2 is 0.421 bits per heavy atom. The molecule has 23 heteroatoms. The molecule has 0 spiro atoms. The molecule has 9 aromatic rings. The van der Waals surface area contributed by atoms with Crippen LogP contribution >= 0.6 is 0 Å². The Labute approximate surface area is 637 Å². The van der Waals surface area contributed by atoms with Gasteiger partial charge in [0.05, 0.1) is 0 Å². The van der Waals surface area contributed by atoms with Crippen LogP contribution in [0.5, 0.6) is 0 Å². The van der Waals surface area contributed by atoms with E-state index in [9.17, 15) is 38.9 Å². The molecule has 0 unspecified atom stereocenters. The molecule has 6 aliphatic rings. The van der Waals surface area contributed by atoms with Gasteiger partial charge in [-0.15, -0.1) is 34.1 Å². The van der Waals surface area contributed by atoms with Crippen molar-refractivity contribution in [2.45, 2.75) is 0 Å². The second-order valence-electron chi connectivity index (χ2n) is 20.7. The van der Waals surface area contributed by atoms with Crippen molar-refractivity contribution >= 4 is 97.9 Å². The number of fused-ring (bicyclic) bond motifs is 9.